The zero-order chi connectivity index (χ0) is 33.7. The number of aliphatic hydroxyl groups excluding tert-OH is 1. The molecule has 1 unspecified atom stereocenters. The third kappa shape index (κ3) is 7.42. The zero-order valence-corrected chi connectivity index (χ0v) is 26.2. The summed E-state index contributed by atoms with van der Waals surface area (Å²) >= 11 is 0. The van der Waals surface area contributed by atoms with Gasteiger partial charge in [-0.25, -0.2) is 0 Å². The Hall–Kier alpha value is -5.27. The summed E-state index contributed by atoms with van der Waals surface area (Å²) in [7, 11) is 1.53. The van der Waals surface area contributed by atoms with E-state index in [0.29, 0.717) is 16.9 Å². The quantitative estimate of drug-likeness (QED) is 0.279. The van der Waals surface area contributed by atoms with E-state index in [0.717, 1.165) is 5.56 Å². The monoisotopic (exact) mass is 644 g/mol. The molecule has 13 heteroatoms. The van der Waals surface area contributed by atoms with Crippen LogP contribution in [0.4, 0.5) is 11.4 Å². The van der Waals surface area contributed by atoms with Gasteiger partial charge in [-0.2, -0.15) is 0 Å². The molecule has 13 nitrogen and oxygen atoms in total. The number of fused-ring (bicyclic) bond motifs is 1. The average Bonchev–Trinajstić information content (AvgIpc) is 3.36. The standard InChI is InChI=1S/C34H36N4O9/c1-20-13-23(14-21(2)31(20)45-3)32(43)36-25-16-37(29(41)18-39)26-11-7-8-12-27(26)38(33(25)44)17-28(40)35-24-15-30(42)47-34(24)46-19-22-9-5-4-6-10-22/h4-14,24-25,34,39H,15-19H2,1-3H3,(H,35,40)(H,36,43)/t24-,25-,34?/m0/s1. The summed E-state index contributed by atoms with van der Waals surface area (Å²) in [6, 6.07) is 16.8. The highest BCUT2D eigenvalue weighted by molar-refractivity contribution is 6.11. The van der Waals surface area contributed by atoms with Crippen molar-refractivity contribution in [3.63, 3.8) is 0 Å². The van der Waals surface area contributed by atoms with Crippen molar-refractivity contribution in [3.05, 3.63) is 89.0 Å². The molecule has 3 aromatic carbocycles. The molecule has 0 aromatic heterocycles. The van der Waals surface area contributed by atoms with Gasteiger partial charge >= 0.3 is 5.97 Å². The van der Waals surface area contributed by atoms with Crippen LogP contribution >= 0.6 is 0 Å². The number of methoxy groups -OCH3 is 1. The molecule has 0 spiro atoms. The fourth-order valence-electron chi connectivity index (χ4n) is 5.78. The Bertz CT molecular complexity index is 1660. The van der Waals surface area contributed by atoms with Crippen LogP contribution in [0.2, 0.25) is 0 Å². The van der Waals surface area contributed by atoms with Gasteiger partial charge < -0.3 is 34.9 Å². The fraction of sp³-hybridized carbons (Fsp3) is 0.324. The number of benzene rings is 3. The van der Waals surface area contributed by atoms with Crippen molar-refractivity contribution in [2.24, 2.45) is 0 Å². The number of hydrogen-bond acceptors (Lipinski definition) is 9. The Morgan fingerprint density at radius 3 is 2.28 bits per heavy atom. The number of para-hydroxylation sites is 2. The summed E-state index contributed by atoms with van der Waals surface area (Å²) in [5, 5.41) is 15.2. The summed E-state index contributed by atoms with van der Waals surface area (Å²) in [4.78, 5) is 68.5. The first-order valence-electron chi connectivity index (χ1n) is 15.0. The molecule has 0 bridgehead atoms. The molecule has 0 radical (unpaired) electrons. The average molecular weight is 645 g/mol. The van der Waals surface area contributed by atoms with E-state index in [4.69, 9.17) is 14.2 Å². The molecule has 5 rings (SSSR count). The lowest BCUT2D eigenvalue weighted by Gasteiger charge is -2.26. The summed E-state index contributed by atoms with van der Waals surface area (Å²) < 4.78 is 16.5. The van der Waals surface area contributed by atoms with Gasteiger partial charge in [0.15, 0.2) is 0 Å². The Morgan fingerprint density at radius 2 is 1.62 bits per heavy atom. The number of carbonyl (C=O) groups is 5. The molecule has 3 N–H and O–H groups in total. The Labute approximate surface area is 271 Å². The maximum absolute atomic E-state index is 14.1. The largest absolute Gasteiger partial charge is 0.496 e. The van der Waals surface area contributed by atoms with Crippen LogP contribution in [-0.4, -0.2) is 79.9 Å². The van der Waals surface area contributed by atoms with E-state index in [-0.39, 0.29) is 36.5 Å². The second-order valence-electron chi connectivity index (χ2n) is 11.3. The second kappa shape index (κ2) is 14.4. The number of aryl methyl sites for hydroxylation is 2. The number of aliphatic hydroxyl groups is 1. The van der Waals surface area contributed by atoms with Crippen LogP contribution in [0.3, 0.4) is 0 Å². The van der Waals surface area contributed by atoms with Crippen LogP contribution < -0.4 is 25.2 Å². The Kier molecular flexibility index (Phi) is 10.2. The molecule has 2 heterocycles. The molecule has 2 aliphatic rings. The first-order valence-corrected chi connectivity index (χ1v) is 15.0. The molecule has 3 aromatic rings. The van der Waals surface area contributed by atoms with Gasteiger partial charge in [-0.1, -0.05) is 42.5 Å². The highest BCUT2D eigenvalue weighted by Crippen LogP contribution is 2.33. The topological polar surface area (TPSA) is 164 Å². The number of amides is 4. The minimum absolute atomic E-state index is 0.131. The first-order chi connectivity index (χ1) is 22.6. The molecular formula is C34H36N4O9. The van der Waals surface area contributed by atoms with E-state index >= 15 is 0 Å². The number of nitrogens with one attached hydrogen (secondary N) is 2. The second-order valence-corrected chi connectivity index (χ2v) is 11.3. The van der Waals surface area contributed by atoms with Gasteiger partial charge in [0.2, 0.25) is 12.2 Å². The Morgan fingerprint density at radius 1 is 0.957 bits per heavy atom. The number of carbonyl (C=O) groups excluding carboxylic acids is 5. The smallest absolute Gasteiger partial charge is 0.310 e. The maximum Gasteiger partial charge on any atom is 0.310 e. The number of esters is 1. The van der Waals surface area contributed by atoms with Crippen molar-refractivity contribution in [2.45, 2.75) is 45.2 Å². The summed E-state index contributed by atoms with van der Waals surface area (Å²) in [5.74, 6) is -2.49. The molecule has 0 aliphatic carbocycles. The first kappa shape index (κ1) is 33.1. The molecule has 47 heavy (non-hydrogen) atoms. The van der Waals surface area contributed by atoms with E-state index in [2.05, 4.69) is 10.6 Å². The fourth-order valence-corrected chi connectivity index (χ4v) is 5.78. The van der Waals surface area contributed by atoms with Crippen LogP contribution in [-0.2, 0) is 35.3 Å². The van der Waals surface area contributed by atoms with Crippen LogP contribution in [0.15, 0.2) is 66.7 Å². The molecule has 1 fully saturated rings. The number of anilines is 2. The van der Waals surface area contributed by atoms with E-state index in [1.54, 1.807) is 50.2 Å². The molecular weight excluding hydrogens is 608 g/mol. The van der Waals surface area contributed by atoms with Crippen molar-refractivity contribution in [2.75, 3.05) is 36.6 Å². The highest BCUT2D eigenvalue weighted by atomic mass is 16.7. The Balaban J connectivity index is 1.38. The lowest BCUT2D eigenvalue weighted by atomic mass is 10.0. The molecule has 0 saturated carbocycles. The molecule has 1 saturated heterocycles. The van der Waals surface area contributed by atoms with Gasteiger partial charge in [0.05, 0.1) is 38.1 Å². The minimum atomic E-state index is -1.29. The number of ether oxygens (including phenoxy) is 3. The van der Waals surface area contributed by atoms with Crippen molar-refractivity contribution >= 4 is 41.0 Å². The van der Waals surface area contributed by atoms with Crippen molar-refractivity contribution in [1.29, 1.82) is 0 Å². The van der Waals surface area contributed by atoms with Crippen LogP contribution in [0.25, 0.3) is 0 Å². The molecule has 3 atom stereocenters. The number of nitrogens with zero attached hydrogens (tertiary/aromatic N) is 2. The van der Waals surface area contributed by atoms with Crippen molar-refractivity contribution < 1.29 is 43.3 Å². The molecule has 246 valence electrons. The zero-order valence-electron chi connectivity index (χ0n) is 26.2. The number of rotatable bonds is 10. The molecule has 4 amide bonds. The summed E-state index contributed by atoms with van der Waals surface area (Å²) in [5.41, 5.74) is 3.04. The van der Waals surface area contributed by atoms with E-state index < -0.39 is 61.1 Å². The third-order valence-electron chi connectivity index (χ3n) is 7.93. The van der Waals surface area contributed by atoms with Crippen LogP contribution in [0.5, 0.6) is 5.75 Å². The normalized spacial score (nSPS) is 19.0. The lowest BCUT2D eigenvalue weighted by molar-refractivity contribution is -0.168. The van der Waals surface area contributed by atoms with Crippen LogP contribution in [0.1, 0.15) is 33.5 Å². The van der Waals surface area contributed by atoms with Crippen molar-refractivity contribution in [1.82, 2.24) is 10.6 Å². The van der Waals surface area contributed by atoms with E-state index in [9.17, 15) is 29.1 Å². The predicted molar refractivity (Wildman–Crippen MR) is 170 cm³/mol. The van der Waals surface area contributed by atoms with Gasteiger partial charge in [0, 0.05) is 5.56 Å². The van der Waals surface area contributed by atoms with Gasteiger partial charge in [-0.15, -0.1) is 0 Å². The van der Waals surface area contributed by atoms with Crippen LogP contribution in [0, 0.1) is 13.8 Å². The SMILES string of the molecule is COc1c(C)cc(C(=O)N[C@H]2CN(C(=O)CO)c3ccccc3N(CC(=O)N[C@H]3CC(=O)OC3OCc3ccccc3)C2=O)cc1C. The minimum Gasteiger partial charge on any atom is -0.496 e. The summed E-state index contributed by atoms with van der Waals surface area (Å²) in [6.45, 7) is 2.07. The van der Waals surface area contributed by atoms with E-state index in [1.807, 2.05) is 30.3 Å². The third-order valence-corrected chi connectivity index (χ3v) is 7.93. The predicted octanol–water partition coefficient (Wildman–Crippen LogP) is 1.76. The highest BCUT2D eigenvalue weighted by Gasteiger charge is 2.40. The maximum atomic E-state index is 14.1. The van der Waals surface area contributed by atoms with Crippen molar-refractivity contribution in [3.8, 4) is 5.75 Å². The lowest BCUT2D eigenvalue weighted by Crippen LogP contribution is -2.55. The summed E-state index contributed by atoms with van der Waals surface area (Å²) in [6.07, 6.45) is -1.17. The van der Waals surface area contributed by atoms with Gasteiger partial charge in [0.25, 0.3) is 17.7 Å². The van der Waals surface area contributed by atoms with E-state index in [1.165, 1.54) is 16.9 Å². The van der Waals surface area contributed by atoms with Gasteiger partial charge in [0.1, 0.15) is 31.0 Å². The number of hydrogen-bond donors (Lipinski definition) is 3. The number of cyclic esters (lactones) is 1. The molecule has 2 aliphatic heterocycles. The van der Waals surface area contributed by atoms with Gasteiger partial charge in [-0.3, -0.25) is 28.9 Å². The van der Waals surface area contributed by atoms with Gasteiger partial charge in [-0.05, 0) is 54.8 Å².